The third-order valence-corrected chi connectivity index (χ3v) is 12.5. The van der Waals surface area contributed by atoms with Crippen LogP contribution in [0.3, 0.4) is 0 Å². The van der Waals surface area contributed by atoms with E-state index < -0.39 is 50.0 Å². The largest absolute Gasteiger partial charge is 0.507 e. The summed E-state index contributed by atoms with van der Waals surface area (Å²) in [7, 11) is 0. The van der Waals surface area contributed by atoms with Crippen LogP contribution in [0.2, 0.25) is 0 Å². The van der Waals surface area contributed by atoms with E-state index in [9.17, 15) is 5.11 Å². The zero-order chi connectivity index (χ0) is 59.5. The smallest absolute Gasteiger partial charge is 0.148 e. The van der Waals surface area contributed by atoms with Gasteiger partial charge in [-0.3, -0.25) is 9.55 Å². The van der Waals surface area contributed by atoms with Crippen LogP contribution in [0, 0.1) is 19.8 Å². The number of hydrogen-bond donors (Lipinski definition) is 1. The van der Waals surface area contributed by atoms with Crippen LogP contribution in [0.15, 0.2) is 121 Å². The maximum absolute atomic E-state index is 12.1. The number of phenols is 1. The first-order valence-electron chi connectivity index (χ1n) is 29.4. The fourth-order valence-electron chi connectivity index (χ4n) is 8.36. The molecule has 2 heterocycles. The minimum absolute atomic E-state index is 0. The summed E-state index contributed by atoms with van der Waals surface area (Å²) in [5.74, 6) is -1.74. The third kappa shape index (κ3) is 10.0. The Morgan fingerprint density at radius 3 is 1.87 bits per heavy atom. The van der Waals surface area contributed by atoms with E-state index in [4.69, 9.17) is 29.2 Å². The second kappa shape index (κ2) is 18.5. The Labute approximate surface area is 434 Å². The van der Waals surface area contributed by atoms with Gasteiger partial charge >= 0.3 is 0 Å². The Morgan fingerprint density at radius 2 is 1.24 bits per heavy atom. The van der Waals surface area contributed by atoms with Gasteiger partial charge in [-0.2, -0.15) is 0 Å². The van der Waals surface area contributed by atoms with Gasteiger partial charge in [0.2, 0.25) is 0 Å². The molecule has 0 bridgehead atoms. The second-order valence-corrected chi connectivity index (χ2v) is 20.1. The molecule has 0 radical (unpaired) electrons. The summed E-state index contributed by atoms with van der Waals surface area (Å²) in [6.45, 7) is 8.53. The van der Waals surface area contributed by atoms with E-state index in [2.05, 4.69) is 47.6 Å². The molecule has 348 valence electrons. The molecule has 0 fully saturated rings. The number of imidazole rings is 1. The first-order chi connectivity index (χ1) is 36.5. The number of aromatic nitrogens is 3. The van der Waals surface area contributed by atoms with Crippen molar-refractivity contribution in [1.82, 2.24) is 14.5 Å². The predicted molar refractivity (Wildman–Crippen MR) is 280 cm³/mol. The number of hydrogen-bond acceptors (Lipinski definition) is 3. The van der Waals surface area contributed by atoms with Crippen molar-refractivity contribution in [2.75, 3.05) is 0 Å². The normalized spacial score (nSPS) is 16.5. The number of pyridine rings is 1. The molecule has 8 rings (SSSR count). The van der Waals surface area contributed by atoms with E-state index in [0.29, 0.717) is 89.4 Å². The van der Waals surface area contributed by atoms with Gasteiger partial charge in [0.1, 0.15) is 11.6 Å². The second-order valence-electron chi connectivity index (χ2n) is 20.1. The van der Waals surface area contributed by atoms with E-state index >= 15 is 0 Å². The van der Waals surface area contributed by atoms with Gasteiger partial charge < -0.3 is 5.11 Å². The molecule has 5 heteroatoms. The van der Waals surface area contributed by atoms with E-state index in [0.717, 1.165) is 11.1 Å². The minimum Gasteiger partial charge on any atom is -0.507 e. The van der Waals surface area contributed by atoms with Gasteiger partial charge in [0.15, 0.2) is 0 Å². The van der Waals surface area contributed by atoms with Gasteiger partial charge in [0, 0.05) is 52.1 Å². The molecule has 0 aliphatic heterocycles. The van der Waals surface area contributed by atoms with Gasteiger partial charge in [0.05, 0.1) is 22.3 Å². The number of fused-ring (bicyclic) bond motifs is 1. The molecule has 1 N–H and O–H groups in total. The summed E-state index contributed by atoms with van der Waals surface area (Å²) >= 11 is 0. The summed E-state index contributed by atoms with van der Waals surface area (Å²) < 4.78 is 121. The summed E-state index contributed by atoms with van der Waals surface area (Å²) in [6, 6.07) is 37.1. The number of para-hydroxylation sites is 1. The number of benzene rings is 6. The minimum atomic E-state index is -3.41. The summed E-state index contributed by atoms with van der Waals surface area (Å²) in [4.78, 5) is 10.2. The van der Waals surface area contributed by atoms with Gasteiger partial charge in [-0.15, -0.1) is 29.3 Å². The summed E-state index contributed by atoms with van der Waals surface area (Å²) in [5.41, 5.74) is 6.15. The Balaban J connectivity index is 0.00000946. The van der Waals surface area contributed by atoms with Gasteiger partial charge in [0.25, 0.3) is 0 Å². The van der Waals surface area contributed by atoms with Gasteiger partial charge in [-0.25, -0.2) is 4.98 Å². The molecule has 0 aliphatic carbocycles. The van der Waals surface area contributed by atoms with Gasteiger partial charge in [-0.1, -0.05) is 174 Å². The molecular weight excluding hydrogens is 998 g/mol. The maximum Gasteiger partial charge on any atom is 0.148 e. The van der Waals surface area contributed by atoms with Crippen molar-refractivity contribution in [2.24, 2.45) is 0 Å². The van der Waals surface area contributed by atoms with Crippen molar-refractivity contribution in [3.63, 3.8) is 0 Å². The molecule has 0 amide bonds. The fourth-order valence-corrected chi connectivity index (χ4v) is 8.36. The van der Waals surface area contributed by atoms with Crippen LogP contribution in [0.1, 0.15) is 160 Å². The third-order valence-electron chi connectivity index (χ3n) is 12.5. The average molecular weight is 1080 g/mol. The Kier molecular flexibility index (Phi) is 9.34. The van der Waals surface area contributed by atoms with Crippen molar-refractivity contribution in [3.8, 4) is 67.5 Å². The predicted octanol–water partition coefficient (Wildman–Crippen LogP) is 17.0. The number of rotatable bonds is 8. The number of aryl methyl sites for hydroxylation is 2. The molecule has 0 atom stereocenters. The molecule has 0 saturated heterocycles. The molecule has 0 unspecified atom stereocenters. The molecule has 0 aliphatic rings. The van der Waals surface area contributed by atoms with E-state index in [1.807, 2.05) is 79.7 Å². The molecule has 4 nitrogen and oxygen atoms in total. The first kappa shape index (κ1) is 33.8. The topological polar surface area (TPSA) is 50.9 Å². The van der Waals surface area contributed by atoms with Crippen LogP contribution in [0.5, 0.6) is 5.75 Å². The van der Waals surface area contributed by atoms with E-state index in [1.165, 1.54) is 24.3 Å². The van der Waals surface area contributed by atoms with Gasteiger partial charge in [-0.05, 0) is 128 Å². The Morgan fingerprint density at radius 1 is 0.612 bits per heavy atom. The van der Waals surface area contributed by atoms with Crippen molar-refractivity contribution >= 4 is 11.0 Å². The van der Waals surface area contributed by atoms with Crippen LogP contribution in [-0.4, -0.2) is 19.6 Å². The molecule has 8 aromatic rings. The SMILES string of the molecule is [2H]C([2H])([2H])c1cc(-c2cc(C([2H])(C)C)cc(C([2H])(C)C)c2)ccc1-n1c(-c2cc(C(C)(C)C)cc(C)c2O)nc2c(-c3[c-]c(-c4cc(-c5ccc(C(C([2H])([2H])[2H])(C([2H])([2H])[2H])C([2H])([2H])[2H])cc5)ccn4)cc(C(C)(C)C)c3)cccc21.[Pt]. The average Bonchev–Trinajstić information content (AvgIpc) is 3.73. The molecule has 2 aromatic heterocycles. The van der Waals surface area contributed by atoms with Crippen LogP contribution in [-0.2, 0) is 37.3 Å². The number of phenolic OH excluding ortho intramolecular Hbond substituents is 1. The quantitative estimate of drug-likeness (QED) is 0.154. The summed E-state index contributed by atoms with van der Waals surface area (Å²) in [6.07, 6.45) is 1.61. The zero-order valence-electron chi connectivity index (χ0n) is 54.2. The molecule has 67 heavy (non-hydrogen) atoms. The van der Waals surface area contributed by atoms with Crippen molar-refractivity contribution < 1.29 is 45.4 Å². The molecule has 6 aromatic carbocycles. The fraction of sp³-hybridized carbons (Fsp3) is 0.323. The van der Waals surface area contributed by atoms with Crippen molar-refractivity contribution in [3.05, 3.63) is 166 Å². The van der Waals surface area contributed by atoms with E-state index in [1.54, 1.807) is 56.7 Å². The first-order valence-corrected chi connectivity index (χ1v) is 22.4. The van der Waals surface area contributed by atoms with Crippen LogP contribution in [0.25, 0.3) is 72.7 Å². The van der Waals surface area contributed by atoms with Crippen molar-refractivity contribution in [2.45, 2.75) is 132 Å². The Hall–Kier alpha value is -5.57. The number of aromatic hydroxyl groups is 1. The van der Waals surface area contributed by atoms with Crippen LogP contribution >= 0.6 is 0 Å². The number of nitrogens with zero attached hydrogens (tertiary/aromatic N) is 3. The van der Waals surface area contributed by atoms with Crippen LogP contribution in [0.4, 0.5) is 0 Å². The van der Waals surface area contributed by atoms with E-state index in [-0.39, 0.29) is 43.4 Å². The maximum atomic E-state index is 12.1. The Bertz CT molecular complexity index is 3610. The molecule has 0 saturated carbocycles. The monoisotopic (exact) mass is 1080 g/mol. The zero-order valence-corrected chi connectivity index (χ0v) is 42.4. The van der Waals surface area contributed by atoms with Crippen LogP contribution < -0.4 is 0 Å². The molecule has 0 spiro atoms. The standard InChI is InChI=1S/C62H68N3O.Pt/c1-37(2)44-29-45(38(3)4)31-46(30-44)42-21-24-55(39(5)27-42)65-56-18-16-17-52(57(56)64-59(65)53-36-50(61(10,11)12)28-40(6)58(53)66)47-32-48(34-51(33-47)62(13,14)15)54-35-43(25-26-63-54)41-19-22-49(23-20-41)60(7,8)9;/h16-31,33-38,66H,1-15H3;/q-1;/i5D3,7D3,8D3,9D3,37D,38D;. The molecular formula is C62H68N3OPt-. The summed E-state index contributed by atoms with van der Waals surface area (Å²) in [5, 5.41) is 12.1. The van der Waals surface area contributed by atoms with Crippen molar-refractivity contribution in [1.29, 1.82) is 0 Å².